The van der Waals surface area contributed by atoms with Crippen LogP contribution in [0.5, 0.6) is 0 Å². The van der Waals surface area contributed by atoms with Gasteiger partial charge in [-0.05, 0) is 13.3 Å². The number of thioether (sulfide) groups is 2. The molecule has 3 aliphatic rings. The Morgan fingerprint density at radius 1 is 1.39 bits per heavy atom. The maximum absolute atomic E-state index is 12.5. The van der Waals surface area contributed by atoms with E-state index in [2.05, 4.69) is 10.7 Å². The number of amides is 4. The molecule has 3 rings (SSSR count). The molecule has 0 aromatic carbocycles. The van der Waals surface area contributed by atoms with Gasteiger partial charge in [0.2, 0.25) is 11.8 Å². The summed E-state index contributed by atoms with van der Waals surface area (Å²) in [6.07, 6.45) is 0.304. The van der Waals surface area contributed by atoms with E-state index in [4.69, 9.17) is 5.73 Å². The van der Waals surface area contributed by atoms with Gasteiger partial charge in [-0.15, -0.1) is 11.8 Å². The maximum atomic E-state index is 12.5. The number of primary amides is 1. The highest BCUT2D eigenvalue weighted by molar-refractivity contribution is 8.03. The number of hydrogen-bond acceptors (Lipinski definition) is 8. The SMILES string of the molecule is C[C@@H](O)[C@H]1C(=O)N2C(C(=O)O)=C(S[C@@H]3CN[C@H](CSCCC(=O)N(C)NC(N)=O)C3)[C@H](C)[C@H]12. The van der Waals surface area contributed by atoms with Crippen molar-refractivity contribution in [1.29, 1.82) is 0 Å². The van der Waals surface area contributed by atoms with Crippen LogP contribution in [0.1, 0.15) is 26.7 Å². The zero-order valence-electron chi connectivity index (χ0n) is 18.8. The Morgan fingerprint density at radius 2 is 2.09 bits per heavy atom. The second-order valence-corrected chi connectivity index (χ2v) is 11.1. The van der Waals surface area contributed by atoms with Crippen molar-refractivity contribution in [2.75, 3.05) is 25.1 Å². The summed E-state index contributed by atoms with van der Waals surface area (Å²) < 4.78 is 0. The van der Waals surface area contributed by atoms with Gasteiger partial charge in [0.05, 0.1) is 18.1 Å². The number of fused-ring (bicyclic) bond motifs is 1. The number of urea groups is 1. The molecule has 0 aromatic heterocycles. The van der Waals surface area contributed by atoms with Crippen molar-refractivity contribution < 1.29 is 29.4 Å². The van der Waals surface area contributed by atoms with Gasteiger partial charge in [0, 0.05) is 53.6 Å². The summed E-state index contributed by atoms with van der Waals surface area (Å²) in [5.74, 6) is -0.948. The molecule has 13 heteroatoms. The first-order valence-electron chi connectivity index (χ1n) is 10.8. The van der Waals surface area contributed by atoms with Crippen molar-refractivity contribution in [3.8, 4) is 0 Å². The lowest BCUT2D eigenvalue weighted by atomic mass is 9.79. The molecular weight excluding hydrogens is 470 g/mol. The van der Waals surface area contributed by atoms with Gasteiger partial charge < -0.3 is 26.2 Å². The Morgan fingerprint density at radius 3 is 2.70 bits per heavy atom. The molecule has 0 unspecified atom stereocenters. The fraction of sp³-hybridized carbons (Fsp3) is 0.700. The number of nitrogens with zero attached hydrogens (tertiary/aromatic N) is 2. The summed E-state index contributed by atoms with van der Waals surface area (Å²) >= 11 is 3.15. The minimum atomic E-state index is -1.11. The van der Waals surface area contributed by atoms with Gasteiger partial charge >= 0.3 is 12.0 Å². The highest BCUT2D eigenvalue weighted by atomic mass is 32.2. The van der Waals surface area contributed by atoms with Crippen LogP contribution in [0, 0.1) is 11.8 Å². The second kappa shape index (κ2) is 10.5. The van der Waals surface area contributed by atoms with Gasteiger partial charge in [-0.3, -0.25) is 14.6 Å². The molecule has 33 heavy (non-hydrogen) atoms. The van der Waals surface area contributed by atoms with Crippen LogP contribution in [0.25, 0.3) is 0 Å². The molecule has 6 N–H and O–H groups in total. The highest BCUT2D eigenvalue weighted by Crippen LogP contribution is 2.51. The standard InChI is InChI=1S/C20H31N5O6S2/c1-9-15-14(10(2)26)18(28)25(15)16(19(29)30)17(9)33-12-6-11(22-7-12)8-32-5-4-13(27)24(3)23-20(21)31/h9-12,14-15,22,26H,4-8H2,1-3H3,(H,29,30)(H3,21,23,31)/t9-,10-,11+,12+,14-,15-/m1/s1. The quantitative estimate of drug-likeness (QED) is 0.163. The molecule has 4 amide bonds. The topological polar surface area (TPSA) is 165 Å². The number of carboxylic acids is 1. The molecular formula is C20H31N5O6S2. The molecule has 2 fully saturated rings. The molecule has 11 nitrogen and oxygen atoms in total. The number of hydrazine groups is 1. The second-order valence-electron chi connectivity index (χ2n) is 8.61. The molecule has 3 heterocycles. The normalized spacial score (nSPS) is 29.5. The van der Waals surface area contributed by atoms with Gasteiger partial charge in [0.1, 0.15) is 5.70 Å². The zero-order valence-corrected chi connectivity index (χ0v) is 20.4. The van der Waals surface area contributed by atoms with Crippen molar-refractivity contribution in [1.82, 2.24) is 20.7 Å². The third kappa shape index (κ3) is 5.42. The molecule has 0 bridgehead atoms. The largest absolute Gasteiger partial charge is 0.477 e. The number of aliphatic hydroxyl groups excluding tert-OH is 1. The first-order chi connectivity index (χ1) is 15.5. The maximum Gasteiger partial charge on any atom is 0.353 e. The van der Waals surface area contributed by atoms with Gasteiger partial charge in [-0.2, -0.15) is 11.8 Å². The summed E-state index contributed by atoms with van der Waals surface area (Å²) in [7, 11) is 1.45. The van der Waals surface area contributed by atoms with Crippen molar-refractivity contribution >= 4 is 47.3 Å². The number of β-lactam (4-membered cyclic amide) rings is 1. The number of carboxylic acid groups (broad SMARTS) is 1. The van der Waals surface area contributed by atoms with Crippen molar-refractivity contribution in [3.05, 3.63) is 10.6 Å². The number of aliphatic carboxylic acids is 1. The van der Waals surface area contributed by atoms with E-state index < -0.39 is 24.0 Å². The van der Waals surface area contributed by atoms with Crippen molar-refractivity contribution in [2.24, 2.45) is 17.6 Å². The van der Waals surface area contributed by atoms with Crippen LogP contribution in [0.3, 0.4) is 0 Å². The summed E-state index contributed by atoms with van der Waals surface area (Å²) in [6.45, 7) is 4.22. The first-order valence-corrected chi connectivity index (χ1v) is 12.8. The fourth-order valence-electron chi connectivity index (χ4n) is 4.64. The number of nitrogens with two attached hydrogens (primary N) is 1. The Kier molecular flexibility index (Phi) is 8.19. The molecule has 3 aliphatic heterocycles. The summed E-state index contributed by atoms with van der Waals surface area (Å²) in [5.41, 5.74) is 7.27. The molecule has 0 aromatic rings. The average molecular weight is 502 g/mol. The average Bonchev–Trinajstić information content (AvgIpc) is 3.26. The minimum Gasteiger partial charge on any atom is -0.477 e. The van der Waals surface area contributed by atoms with Gasteiger partial charge in [-0.1, -0.05) is 6.92 Å². The Balaban J connectivity index is 1.49. The third-order valence-electron chi connectivity index (χ3n) is 6.22. The predicted molar refractivity (Wildman–Crippen MR) is 125 cm³/mol. The lowest BCUT2D eigenvalue weighted by Gasteiger charge is -2.46. The Bertz CT molecular complexity index is 853. The molecule has 0 radical (unpaired) electrons. The Labute approximate surface area is 200 Å². The molecule has 2 saturated heterocycles. The smallest absolute Gasteiger partial charge is 0.353 e. The van der Waals surface area contributed by atoms with Crippen LogP contribution in [-0.4, -0.2) is 92.5 Å². The molecule has 184 valence electrons. The van der Waals surface area contributed by atoms with E-state index in [1.165, 1.54) is 23.7 Å². The number of carbonyl (C=O) groups excluding carboxylic acids is 3. The van der Waals surface area contributed by atoms with Gasteiger partial charge in [0.15, 0.2) is 0 Å². The lowest BCUT2D eigenvalue weighted by Crippen LogP contribution is -2.63. The summed E-state index contributed by atoms with van der Waals surface area (Å²) in [5, 5.41) is 24.4. The van der Waals surface area contributed by atoms with Crippen molar-refractivity contribution in [3.63, 3.8) is 0 Å². The van der Waals surface area contributed by atoms with Crippen LogP contribution in [0.4, 0.5) is 4.79 Å². The Hall–Kier alpha value is -1.96. The van der Waals surface area contributed by atoms with E-state index in [1.807, 2.05) is 6.92 Å². The molecule has 0 spiro atoms. The van der Waals surface area contributed by atoms with Crippen LogP contribution in [0.2, 0.25) is 0 Å². The fourth-order valence-corrected chi connectivity index (χ4v) is 7.18. The van der Waals surface area contributed by atoms with Crippen LogP contribution in [-0.2, 0) is 14.4 Å². The molecule has 0 aliphatic carbocycles. The van der Waals surface area contributed by atoms with Crippen LogP contribution >= 0.6 is 23.5 Å². The molecule has 0 saturated carbocycles. The zero-order chi connectivity index (χ0) is 24.4. The number of hydrogen-bond donors (Lipinski definition) is 5. The number of aliphatic hydroxyl groups is 1. The first kappa shape index (κ1) is 25.7. The monoisotopic (exact) mass is 501 g/mol. The number of carbonyl (C=O) groups is 4. The minimum absolute atomic E-state index is 0.0597. The van der Waals surface area contributed by atoms with E-state index in [1.54, 1.807) is 18.7 Å². The lowest BCUT2D eigenvalue weighted by molar-refractivity contribution is -0.163. The highest BCUT2D eigenvalue weighted by Gasteiger charge is 2.60. The third-order valence-corrected chi connectivity index (χ3v) is 8.86. The van der Waals surface area contributed by atoms with Crippen LogP contribution < -0.4 is 16.5 Å². The summed E-state index contributed by atoms with van der Waals surface area (Å²) in [4.78, 5) is 49.2. The van der Waals surface area contributed by atoms with Gasteiger partial charge in [0.25, 0.3) is 0 Å². The van der Waals surface area contributed by atoms with E-state index in [-0.39, 0.29) is 47.2 Å². The summed E-state index contributed by atoms with van der Waals surface area (Å²) in [6, 6.07) is -0.851. The predicted octanol–water partition coefficient (Wildman–Crippen LogP) is -0.231. The number of nitrogens with one attached hydrogen (secondary N) is 2. The van der Waals surface area contributed by atoms with E-state index >= 15 is 0 Å². The van der Waals surface area contributed by atoms with Crippen molar-refractivity contribution in [2.45, 2.75) is 50.1 Å². The van der Waals surface area contributed by atoms with E-state index in [0.717, 1.165) is 23.7 Å². The molecule has 6 atom stereocenters. The van der Waals surface area contributed by atoms with Gasteiger partial charge in [-0.25, -0.2) is 15.0 Å². The van der Waals surface area contributed by atoms with E-state index in [0.29, 0.717) is 10.7 Å². The van der Waals surface area contributed by atoms with E-state index in [9.17, 15) is 29.4 Å². The number of rotatable bonds is 9. The van der Waals surface area contributed by atoms with Crippen LogP contribution in [0.15, 0.2) is 10.6 Å².